The molecule has 0 amide bonds. The van der Waals surface area contributed by atoms with Gasteiger partial charge in [0, 0.05) is 24.2 Å². The summed E-state index contributed by atoms with van der Waals surface area (Å²) in [4.78, 5) is 16.1. The van der Waals surface area contributed by atoms with E-state index >= 15 is 0 Å². The molecule has 0 saturated heterocycles. The number of methoxy groups -OCH3 is 1. The first-order valence-corrected chi connectivity index (χ1v) is 14.0. The molecule has 10 heteroatoms. The predicted octanol–water partition coefficient (Wildman–Crippen LogP) is 4.80. The number of H-pyrrole nitrogens is 1. The van der Waals surface area contributed by atoms with Gasteiger partial charge in [0.15, 0.2) is 0 Å². The number of hydrogen-bond acceptors (Lipinski definition) is 7. The topological polar surface area (TPSA) is 105 Å². The third-order valence-electron chi connectivity index (χ3n) is 6.43. The van der Waals surface area contributed by atoms with Crippen LogP contribution < -0.4 is 10.3 Å². The predicted molar refractivity (Wildman–Crippen MR) is 146 cm³/mol. The highest BCUT2D eigenvalue weighted by Crippen LogP contribution is 2.30. The summed E-state index contributed by atoms with van der Waals surface area (Å²) in [6.45, 7) is 3.76. The summed E-state index contributed by atoms with van der Waals surface area (Å²) in [5, 5.41) is 0.859. The van der Waals surface area contributed by atoms with Crippen LogP contribution in [0.3, 0.4) is 0 Å². The van der Waals surface area contributed by atoms with Gasteiger partial charge in [-0.15, -0.1) is 0 Å². The van der Waals surface area contributed by atoms with Crippen molar-refractivity contribution in [1.82, 2.24) is 18.0 Å². The van der Waals surface area contributed by atoms with Crippen LogP contribution in [0.2, 0.25) is 0 Å². The van der Waals surface area contributed by atoms with Gasteiger partial charge in [-0.25, -0.2) is 8.42 Å². The molecule has 0 aliphatic heterocycles. The van der Waals surface area contributed by atoms with Gasteiger partial charge >= 0.3 is 0 Å². The standard InChI is InChI=1S/C27H26N4O4S2/c1-4-18-8-12-23-20(13-18)14-21(27(32)28-23)16-31(15-19-6-9-22(35-3)10-7-19)37(33,34)26-17(2)5-11-24-25(26)30-36-29-24/h5-14H,4,15-16H2,1-3H3,(H,28,32). The van der Waals surface area contributed by atoms with Gasteiger partial charge in [0.1, 0.15) is 21.7 Å². The van der Waals surface area contributed by atoms with Crippen molar-refractivity contribution < 1.29 is 13.2 Å². The molecule has 1 N–H and O–H groups in total. The van der Waals surface area contributed by atoms with Crippen LogP contribution in [0.25, 0.3) is 21.9 Å². The smallest absolute Gasteiger partial charge is 0.252 e. The number of sulfonamides is 1. The maximum absolute atomic E-state index is 14.2. The zero-order valence-corrected chi connectivity index (χ0v) is 22.3. The van der Waals surface area contributed by atoms with Crippen LogP contribution in [-0.2, 0) is 29.5 Å². The average Bonchev–Trinajstić information content (AvgIpc) is 3.37. The first-order valence-electron chi connectivity index (χ1n) is 11.8. The third-order valence-corrected chi connectivity index (χ3v) is 8.95. The fourth-order valence-electron chi connectivity index (χ4n) is 4.37. The Bertz CT molecular complexity index is 1760. The summed E-state index contributed by atoms with van der Waals surface area (Å²) in [6.07, 6.45) is 0.854. The molecule has 5 aromatic rings. The van der Waals surface area contributed by atoms with Crippen molar-refractivity contribution in [2.75, 3.05) is 7.11 Å². The number of rotatable bonds is 8. The van der Waals surface area contributed by atoms with Crippen LogP contribution >= 0.6 is 11.7 Å². The van der Waals surface area contributed by atoms with E-state index in [1.165, 1.54) is 4.31 Å². The summed E-state index contributed by atoms with van der Waals surface area (Å²) in [5.41, 5.74) is 4.07. The van der Waals surface area contributed by atoms with E-state index in [9.17, 15) is 13.2 Å². The van der Waals surface area contributed by atoms with E-state index in [1.54, 1.807) is 44.4 Å². The van der Waals surface area contributed by atoms with Crippen molar-refractivity contribution in [3.63, 3.8) is 0 Å². The number of aromatic amines is 1. The monoisotopic (exact) mass is 534 g/mol. The zero-order chi connectivity index (χ0) is 26.2. The molecule has 0 saturated carbocycles. The molecule has 0 aliphatic rings. The SMILES string of the molecule is CCc1ccc2[nH]c(=O)c(CN(Cc3ccc(OC)cc3)S(=O)(=O)c3c(C)ccc4nsnc34)cc2c1. The number of nitrogens with one attached hydrogen (secondary N) is 1. The molecule has 3 aromatic carbocycles. The number of fused-ring (bicyclic) bond motifs is 2. The molecule has 190 valence electrons. The molecule has 2 aromatic heterocycles. The lowest BCUT2D eigenvalue weighted by atomic mass is 10.1. The molecule has 2 heterocycles. The summed E-state index contributed by atoms with van der Waals surface area (Å²) < 4.78 is 43.5. The Balaban J connectivity index is 1.63. The molecule has 0 aliphatic carbocycles. The van der Waals surface area contributed by atoms with Crippen molar-refractivity contribution in [3.8, 4) is 5.75 Å². The molecule has 8 nitrogen and oxygen atoms in total. The molecule has 0 radical (unpaired) electrons. The highest BCUT2D eigenvalue weighted by molar-refractivity contribution is 7.89. The number of pyridine rings is 1. The molecule has 0 fully saturated rings. The van der Waals surface area contributed by atoms with Gasteiger partial charge in [0.2, 0.25) is 10.0 Å². The van der Waals surface area contributed by atoms with Gasteiger partial charge in [0.05, 0.1) is 18.8 Å². The Morgan fingerprint density at radius 1 is 0.973 bits per heavy atom. The van der Waals surface area contributed by atoms with Crippen LogP contribution in [0.1, 0.15) is 29.2 Å². The van der Waals surface area contributed by atoms with Crippen molar-refractivity contribution in [3.05, 3.63) is 93.3 Å². The first-order chi connectivity index (χ1) is 17.8. The van der Waals surface area contributed by atoms with Crippen LogP contribution in [-0.4, -0.2) is 33.6 Å². The third kappa shape index (κ3) is 4.87. The minimum atomic E-state index is -4.07. The summed E-state index contributed by atoms with van der Waals surface area (Å²) >= 11 is 0.971. The largest absolute Gasteiger partial charge is 0.497 e. The van der Waals surface area contributed by atoms with E-state index in [4.69, 9.17) is 4.74 Å². The quantitative estimate of drug-likeness (QED) is 0.307. The highest BCUT2D eigenvalue weighted by Gasteiger charge is 2.30. The Kier molecular flexibility index (Phi) is 6.80. The van der Waals surface area contributed by atoms with Gasteiger partial charge in [0.25, 0.3) is 5.56 Å². The molecule has 0 unspecified atom stereocenters. The van der Waals surface area contributed by atoms with Crippen LogP contribution in [0, 0.1) is 6.92 Å². The van der Waals surface area contributed by atoms with E-state index < -0.39 is 10.0 Å². The molecule has 0 atom stereocenters. The Morgan fingerprint density at radius 3 is 2.46 bits per heavy atom. The van der Waals surface area contributed by atoms with Gasteiger partial charge in [-0.3, -0.25) is 4.79 Å². The first kappa shape index (κ1) is 25.1. The Hall–Kier alpha value is -3.60. The summed E-state index contributed by atoms with van der Waals surface area (Å²) in [7, 11) is -2.49. The van der Waals surface area contributed by atoms with Gasteiger partial charge in [-0.1, -0.05) is 31.2 Å². The van der Waals surface area contributed by atoms with Gasteiger partial charge < -0.3 is 9.72 Å². The number of ether oxygens (including phenoxy) is 1. The van der Waals surface area contributed by atoms with E-state index in [-0.39, 0.29) is 23.5 Å². The van der Waals surface area contributed by atoms with Crippen molar-refractivity contribution in [2.45, 2.75) is 38.3 Å². The number of benzene rings is 3. The minimum absolute atomic E-state index is 0.0617. The summed E-state index contributed by atoms with van der Waals surface area (Å²) in [6, 6.07) is 18.3. The number of hydrogen-bond donors (Lipinski definition) is 1. The molecule has 5 rings (SSSR count). The maximum atomic E-state index is 14.2. The van der Waals surface area contributed by atoms with Crippen LogP contribution in [0.15, 0.2) is 70.4 Å². The molecule has 37 heavy (non-hydrogen) atoms. The van der Waals surface area contributed by atoms with Gasteiger partial charge in [-0.05, 0) is 71.8 Å². The fourth-order valence-corrected chi connectivity index (χ4v) is 6.73. The second-order valence-corrected chi connectivity index (χ2v) is 11.3. The summed E-state index contributed by atoms with van der Waals surface area (Å²) in [5.74, 6) is 0.671. The second kappa shape index (κ2) is 10.0. The Labute approximate surface area is 218 Å². The van der Waals surface area contributed by atoms with Crippen molar-refractivity contribution in [2.24, 2.45) is 0 Å². The second-order valence-electron chi connectivity index (χ2n) is 8.86. The normalized spacial score (nSPS) is 12.0. The number of aryl methyl sites for hydroxylation is 2. The van der Waals surface area contributed by atoms with E-state index in [1.807, 2.05) is 30.3 Å². The minimum Gasteiger partial charge on any atom is -0.497 e. The van der Waals surface area contributed by atoms with E-state index in [2.05, 4.69) is 20.7 Å². The van der Waals surface area contributed by atoms with E-state index in [0.717, 1.165) is 34.7 Å². The lowest BCUT2D eigenvalue weighted by molar-refractivity contribution is 0.398. The van der Waals surface area contributed by atoms with Crippen LogP contribution in [0.4, 0.5) is 0 Å². The maximum Gasteiger partial charge on any atom is 0.252 e. The molecule has 0 bridgehead atoms. The van der Waals surface area contributed by atoms with E-state index in [0.29, 0.717) is 33.4 Å². The molecule has 0 spiro atoms. The average molecular weight is 535 g/mol. The highest BCUT2D eigenvalue weighted by atomic mass is 32.2. The Morgan fingerprint density at radius 2 is 1.73 bits per heavy atom. The van der Waals surface area contributed by atoms with Gasteiger partial charge in [-0.2, -0.15) is 13.1 Å². The molecular formula is C27H26N4O4S2. The fraction of sp³-hybridized carbons (Fsp3) is 0.222. The lowest BCUT2D eigenvalue weighted by Crippen LogP contribution is -2.33. The number of nitrogens with zero attached hydrogens (tertiary/aromatic N) is 3. The molecular weight excluding hydrogens is 508 g/mol. The van der Waals surface area contributed by atoms with Crippen LogP contribution in [0.5, 0.6) is 5.75 Å². The van der Waals surface area contributed by atoms with Crippen molar-refractivity contribution in [1.29, 1.82) is 0 Å². The zero-order valence-electron chi connectivity index (χ0n) is 20.7. The number of aromatic nitrogens is 3. The lowest BCUT2D eigenvalue weighted by Gasteiger charge is -2.23. The van der Waals surface area contributed by atoms with Crippen molar-refractivity contribution >= 4 is 43.7 Å².